The molecule has 1 aromatic carbocycles. The summed E-state index contributed by atoms with van der Waals surface area (Å²) in [7, 11) is 0. The van der Waals surface area contributed by atoms with Gasteiger partial charge in [-0.15, -0.1) is 0 Å². The molecule has 0 spiro atoms. The summed E-state index contributed by atoms with van der Waals surface area (Å²) in [5.41, 5.74) is 1.48. The number of ether oxygens (including phenoxy) is 1. The molecule has 0 unspecified atom stereocenters. The Morgan fingerprint density at radius 1 is 1.04 bits per heavy atom. The van der Waals surface area contributed by atoms with Gasteiger partial charge in [-0.25, -0.2) is 9.67 Å². The summed E-state index contributed by atoms with van der Waals surface area (Å²) >= 11 is 0. The van der Waals surface area contributed by atoms with Crippen molar-refractivity contribution < 1.29 is 14.3 Å². The normalized spacial score (nSPS) is 20.4. The van der Waals surface area contributed by atoms with Gasteiger partial charge in [-0.1, -0.05) is 0 Å². The number of hydrogen-bond donors (Lipinski definition) is 0. The third kappa shape index (κ3) is 3.32. The van der Waals surface area contributed by atoms with E-state index in [-0.39, 0.29) is 17.9 Å². The van der Waals surface area contributed by atoms with Gasteiger partial charge in [-0.05, 0) is 37.1 Å². The quantitative estimate of drug-likeness (QED) is 0.811. The average Bonchev–Trinajstić information content (AvgIpc) is 3.41. The van der Waals surface area contributed by atoms with E-state index in [1.807, 2.05) is 17.0 Å². The van der Waals surface area contributed by atoms with Crippen molar-refractivity contribution in [2.75, 3.05) is 32.8 Å². The van der Waals surface area contributed by atoms with Crippen LogP contribution in [0.15, 0.2) is 36.9 Å². The van der Waals surface area contributed by atoms with Gasteiger partial charge in [0.05, 0.1) is 5.69 Å². The Bertz CT molecular complexity index is 761. The maximum atomic E-state index is 12.7. The fourth-order valence-electron chi connectivity index (χ4n) is 3.39. The van der Waals surface area contributed by atoms with E-state index in [4.69, 9.17) is 4.74 Å². The highest BCUT2D eigenvalue weighted by Crippen LogP contribution is 2.17. The highest BCUT2D eigenvalue weighted by atomic mass is 16.5. The number of hydrogen-bond acceptors (Lipinski definition) is 5. The molecule has 1 atom stereocenters. The number of amides is 2. The van der Waals surface area contributed by atoms with Gasteiger partial charge in [0.2, 0.25) is 0 Å². The Balaban J connectivity index is 1.35. The Kier molecular flexibility index (Phi) is 4.66. The lowest BCUT2D eigenvalue weighted by atomic mass is 10.1. The topological polar surface area (TPSA) is 80.6 Å². The Morgan fingerprint density at radius 2 is 1.77 bits per heavy atom. The van der Waals surface area contributed by atoms with Crippen LogP contribution in [0.5, 0.6) is 0 Å². The minimum absolute atomic E-state index is 0.0145. The molecule has 136 valence electrons. The van der Waals surface area contributed by atoms with Crippen molar-refractivity contribution >= 4 is 11.8 Å². The van der Waals surface area contributed by atoms with E-state index in [0.717, 1.165) is 18.5 Å². The van der Waals surface area contributed by atoms with E-state index in [9.17, 15) is 9.59 Å². The molecular formula is C18H21N5O3. The Labute approximate surface area is 151 Å². The summed E-state index contributed by atoms with van der Waals surface area (Å²) in [6.07, 6.45) is 4.54. The largest absolute Gasteiger partial charge is 0.368 e. The van der Waals surface area contributed by atoms with Gasteiger partial charge in [0, 0.05) is 38.3 Å². The maximum Gasteiger partial charge on any atom is 0.253 e. The van der Waals surface area contributed by atoms with E-state index in [1.165, 1.54) is 6.33 Å². The first-order chi connectivity index (χ1) is 12.7. The average molecular weight is 355 g/mol. The van der Waals surface area contributed by atoms with Crippen LogP contribution in [0.4, 0.5) is 0 Å². The van der Waals surface area contributed by atoms with E-state index in [2.05, 4.69) is 10.1 Å². The molecule has 0 aliphatic carbocycles. The molecule has 2 aromatic rings. The molecule has 2 aliphatic rings. The molecule has 8 heteroatoms. The monoisotopic (exact) mass is 355 g/mol. The second-order valence-corrected chi connectivity index (χ2v) is 6.51. The fraction of sp³-hybridized carbons (Fsp3) is 0.444. The van der Waals surface area contributed by atoms with E-state index in [1.54, 1.807) is 28.0 Å². The second kappa shape index (κ2) is 7.25. The molecule has 2 amide bonds. The highest BCUT2D eigenvalue weighted by molar-refractivity contribution is 5.94. The van der Waals surface area contributed by atoms with Gasteiger partial charge in [0.15, 0.2) is 0 Å². The van der Waals surface area contributed by atoms with Crippen molar-refractivity contribution in [3.63, 3.8) is 0 Å². The van der Waals surface area contributed by atoms with Gasteiger partial charge in [0.25, 0.3) is 11.8 Å². The summed E-state index contributed by atoms with van der Waals surface area (Å²) in [5, 5.41) is 4.07. The molecule has 8 nitrogen and oxygen atoms in total. The lowest BCUT2D eigenvalue weighted by Gasteiger charge is -2.35. The molecular weight excluding hydrogens is 334 g/mol. The number of piperazine rings is 1. The van der Waals surface area contributed by atoms with Crippen molar-refractivity contribution in [3.05, 3.63) is 42.5 Å². The third-order valence-electron chi connectivity index (χ3n) is 4.88. The Morgan fingerprint density at radius 3 is 2.38 bits per heavy atom. The van der Waals surface area contributed by atoms with Crippen LogP contribution in [-0.2, 0) is 9.53 Å². The molecule has 0 radical (unpaired) electrons. The lowest BCUT2D eigenvalue weighted by molar-refractivity contribution is -0.142. The van der Waals surface area contributed by atoms with Crippen molar-refractivity contribution in [1.29, 1.82) is 0 Å². The molecule has 0 N–H and O–H groups in total. The van der Waals surface area contributed by atoms with Crippen LogP contribution in [0.2, 0.25) is 0 Å². The first-order valence-corrected chi connectivity index (χ1v) is 8.87. The van der Waals surface area contributed by atoms with E-state index in [0.29, 0.717) is 38.3 Å². The van der Waals surface area contributed by atoms with Crippen LogP contribution in [0.1, 0.15) is 23.2 Å². The standard InChI is InChI=1S/C18H21N5O3/c24-17(14-3-5-15(6-4-14)23-13-19-12-20-23)21-7-9-22(10-8-21)18(25)16-2-1-11-26-16/h3-6,12-13,16H,1-2,7-11H2/t16-/m1/s1. The van der Waals surface area contributed by atoms with E-state index >= 15 is 0 Å². The Hall–Kier alpha value is -2.74. The maximum absolute atomic E-state index is 12.7. The van der Waals surface area contributed by atoms with Gasteiger partial charge in [-0.3, -0.25) is 9.59 Å². The molecule has 4 rings (SSSR count). The number of benzene rings is 1. The SMILES string of the molecule is O=C(c1ccc(-n2cncn2)cc1)N1CCN(C(=O)[C@H]2CCCO2)CC1. The summed E-state index contributed by atoms with van der Waals surface area (Å²) < 4.78 is 7.11. The summed E-state index contributed by atoms with van der Waals surface area (Å²) in [5.74, 6) is 0.0474. The van der Waals surface area contributed by atoms with Crippen molar-refractivity contribution in [3.8, 4) is 5.69 Å². The number of nitrogens with zero attached hydrogens (tertiary/aromatic N) is 5. The van der Waals surface area contributed by atoms with Gasteiger partial charge >= 0.3 is 0 Å². The van der Waals surface area contributed by atoms with Crippen LogP contribution in [0.3, 0.4) is 0 Å². The number of rotatable bonds is 3. The van der Waals surface area contributed by atoms with E-state index < -0.39 is 0 Å². The molecule has 26 heavy (non-hydrogen) atoms. The summed E-state index contributed by atoms with van der Waals surface area (Å²) in [6, 6.07) is 7.28. The first kappa shape index (κ1) is 16.7. The number of carbonyl (C=O) groups excluding carboxylic acids is 2. The molecule has 2 saturated heterocycles. The molecule has 2 aliphatic heterocycles. The van der Waals surface area contributed by atoms with Crippen molar-refractivity contribution in [2.24, 2.45) is 0 Å². The smallest absolute Gasteiger partial charge is 0.253 e. The van der Waals surface area contributed by atoms with Gasteiger partial charge in [0.1, 0.15) is 18.8 Å². The van der Waals surface area contributed by atoms with Crippen molar-refractivity contribution in [1.82, 2.24) is 24.6 Å². The van der Waals surface area contributed by atoms with Crippen LogP contribution < -0.4 is 0 Å². The molecule has 1 aromatic heterocycles. The van der Waals surface area contributed by atoms with Crippen LogP contribution in [0, 0.1) is 0 Å². The van der Waals surface area contributed by atoms with Crippen molar-refractivity contribution in [2.45, 2.75) is 18.9 Å². The first-order valence-electron chi connectivity index (χ1n) is 8.87. The summed E-state index contributed by atoms with van der Waals surface area (Å²) in [6.45, 7) is 2.87. The van der Waals surface area contributed by atoms with Gasteiger partial charge < -0.3 is 14.5 Å². The van der Waals surface area contributed by atoms with Crippen LogP contribution >= 0.6 is 0 Å². The predicted octanol–water partition coefficient (Wildman–Crippen LogP) is 0.731. The molecule has 0 bridgehead atoms. The van der Waals surface area contributed by atoms with Crippen LogP contribution in [0.25, 0.3) is 5.69 Å². The zero-order chi connectivity index (χ0) is 17.9. The fourth-order valence-corrected chi connectivity index (χ4v) is 3.39. The number of aromatic nitrogens is 3. The lowest BCUT2D eigenvalue weighted by Crippen LogP contribution is -2.52. The molecule has 3 heterocycles. The minimum Gasteiger partial charge on any atom is -0.368 e. The third-order valence-corrected chi connectivity index (χ3v) is 4.88. The number of carbonyl (C=O) groups is 2. The molecule has 0 saturated carbocycles. The highest BCUT2D eigenvalue weighted by Gasteiger charge is 2.31. The zero-order valence-corrected chi connectivity index (χ0v) is 14.5. The second-order valence-electron chi connectivity index (χ2n) is 6.51. The minimum atomic E-state index is -0.290. The zero-order valence-electron chi connectivity index (χ0n) is 14.5. The van der Waals surface area contributed by atoms with Crippen LogP contribution in [-0.4, -0.2) is 75.3 Å². The van der Waals surface area contributed by atoms with Gasteiger partial charge in [-0.2, -0.15) is 5.10 Å². The predicted molar refractivity (Wildman–Crippen MR) is 92.8 cm³/mol. The summed E-state index contributed by atoms with van der Waals surface area (Å²) in [4.78, 5) is 32.6. The molecule has 2 fully saturated rings.